The smallest absolute Gasteiger partial charge is 0.217 e. The van der Waals surface area contributed by atoms with Crippen LogP contribution in [0.25, 0.3) is 0 Å². The number of hydrogen-bond donors (Lipinski definition) is 2. The maximum atomic E-state index is 10.8. The van der Waals surface area contributed by atoms with Gasteiger partial charge in [0.05, 0.1) is 19.3 Å². The minimum Gasteiger partial charge on any atom is -0.394 e. The van der Waals surface area contributed by atoms with Gasteiger partial charge in [-0.15, -0.1) is 0 Å². The molecule has 0 saturated carbocycles. The Morgan fingerprint density at radius 1 is 1.41 bits per heavy atom. The Labute approximate surface area is 105 Å². The molecule has 4 nitrogen and oxygen atoms in total. The summed E-state index contributed by atoms with van der Waals surface area (Å²) in [5.74, 6) is 0.548. The van der Waals surface area contributed by atoms with Gasteiger partial charge in [-0.3, -0.25) is 4.79 Å². The molecule has 0 aromatic rings. The highest BCUT2D eigenvalue weighted by Crippen LogP contribution is 2.11. The highest BCUT2D eigenvalue weighted by atomic mass is 16.5. The summed E-state index contributed by atoms with van der Waals surface area (Å²) in [7, 11) is 0. The quantitative estimate of drug-likeness (QED) is 0.576. The first-order valence-corrected chi connectivity index (χ1v) is 6.55. The van der Waals surface area contributed by atoms with Crippen LogP contribution in [0.3, 0.4) is 0 Å². The van der Waals surface area contributed by atoms with Gasteiger partial charge in [0.1, 0.15) is 0 Å². The van der Waals surface area contributed by atoms with Crippen LogP contribution in [-0.2, 0) is 9.53 Å². The zero-order valence-electron chi connectivity index (χ0n) is 11.4. The molecule has 0 aliphatic heterocycles. The van der Waals surface area contributed by atoms with Crippen LogP contribution in [-0.4, -0.2) is 36.9 Å². The molecule has 102 valence electrons. The summed E-state index contributed by atoms with van der Waals surface area (Å²) in [4.78, 5) is 10.8. The van der Waals surface area contributed by atoms with E-state index in [0.29, 0.717) is 19.1 Å². The summed E-state index contributed by atoms with van der Waals surface area (Å²) in [5, 5.41) is 11.6. The van der Waals surface area contributed by atoms with Crippen LogP contribution in [0.2, 0.25) is 0 Å². The van der Waals surface area contributed by atoms with Gasteiger partial charge >= 0.3 is 0 Å². The number of rotatable bonds is 10. The molecule has 2 N–H and O–H groups in total. The number of aliphatic hydroxyl groups is 1. The molecule has 0 bridgehead atoms. The minimum absolute atomic E-state index is 0.0784. The molecule has 0 radical (unpaired) electrons. The Morgan fingerprint density at radius 3 is 2.65 bits per heavy atom. The first kappa shape index (κ1) is 16.4. The van der Waals surface area contributed by atoms with Crippen molar-refractivity contribution in [2.24, 2.45) is 5.92 Å². The largest absolute Gasteiger partial charge is 0.394 e. The van der Waals surface area contributed by atoms with E-state index in [1.807, 2.05) is 0 Å². The second-order valence-electron chi connectivity index (χ2n) is 4.69. The molecule has 1 amide bonds. The van der Waals surface area contributed by atoms with E-state index in [2.05, 4.69) is 19.2 Å². The van der Waals surface area contributed by atoms with Crippen molar-refractivity contribution in [3.8, 4) is 0 Å². The van der Waals surface area contributed by atoms with Crippen LogP contribution in [0.15, 0.2) is 0 Å². The van der Waals surface area contributed by atoms with Crippen LogP contribution in [0, 0.1) is 5.92 Å². The lowest BCUT2D eigenvalue weighted by atomic mass is 10.0. The van der Waals surface area contributed by atoms with Gasteiger partial charge in [0.25, 0.3) is 0 Å². The highest BCUT2D eigenvalue weighted by Gasteiger charge is 2.08. The molecule has 0 spiro atoms. The molecule has 0 aromatic heterocycles. The molecule has 0 saturated heterocycles. The van der Waals surface area contributed by atoms with Gasteiger partial charge in [-0.05, 0) is 12.3 Å². The summed E-state index contributed by atoms with van der Waals surface area (Å²) < 4.78 is 5.46. The van der Waals surface area contributed by atoms with E-state index >= 15 is 0 Å². The lowest BCUT2D eigenvalue weighted by Gasteiger charge is -2.16. The van der Waals surface area contributed by atoms with E-state index in [0.717, 1.165) is 6.42 Å². The SMILES string of the molecule is CCCC[C@@H](C)CCOC[C@H](CO)NC(C)=O. The van der Waals surface area contributed by atoms with E-state index < -0.39 is 0 Å². The fourth-order valence-corrected chi connectivity index (χ4v) is 1.63. The third-order valence-electron chi connectivity index (χ3n) is 2.75. The van der Waals surface area contributed by atoms with Gasteiger partial charge in [-0.1, -0.05) is 33.1 Å². The Hall–Kier alpha value is -0.610. The Kier molecular flexibility index (Phi) is 10.2. The molecule has 4 heteroatoms. The maximum absolute atomic E-state index is 10.8. The molecular formula is C13H27NO3. The molecular weight excluding hydrogens is 218 g/mol. The van der Waals surface area contributed by atoms with Gasteiger partial charge in [-0.2, -0.15) is 0 Å². The maximum Gasteiger partial charge on any atom is 0.217 e. The molecule has 17 heavy (non-hydrogen) atoms. The first-order chi connectivity index (χ1) is 8.10. The summed E-state index contributed by atoms with van der Waals surface area (Å²) in [6, 6.07) is -0.279. The standard InChI is InChI=1S/C13H27NO3/c1-4-5-6-11(2)7-8-17-10-13(9-15)14-12(3)16/h11,13,15H,4-10H2,1-3H3,(H,14,16)/t11-,13+/m1/s1. The zero-order chi connectivity index (χ0) is 13.1. The number of unbranched alkanes of at least 4 members (excludes halogenated alkanes) is 1. The van der Waals surface area contributed by atoms with Crippen molar-refractivity contribution in [3.63, 3.8) is 0 Å². The van der Waals surface area contributed by atoms with Gasteiger partial charge < -0.3 is 15.2 Å². The van der Waals surface area contributed by atoms with Crippen molar-refractivity contribution in [1.82, 2.24) is 5.32 Å². The van der Waals surface area contributed by atoms with Crippen molar-refractivity contribution in [2.75, 3.05) is 19.8 Å². The molecule has 0 fully saturated rings. The highest BCUT2D eigenvalue weighted by molar-refractivity contribution is 5.73. The summed E-state index contributed by atoms with van der Waals surface area (Å²) in [6.07, 6.45) is 4.79. The zero-order valence-corrected chi connectivity index (χ0v) is 11.4. The number of amides is 1. The van der Waals surface area contributed by atoms with Gasteiger partial charge in [0.2, 0.25) is 5.91 Å². The van der Waals surface area contributed by atoms with E-state index in [1.54, 1.807) is 0 Å². The molecule has 2 atom stereocenters. The van der Waals surface area contributed by atoms with Crippen LogP contribution in [0.5, 0.6) is 0 Å². The first-order valence-electron chi connectivity index (χ1n) is 6.55. The minimum atomic E-state index is -0.279. The van der Waals surface area contributed by atoms with E-state index in [4.69, 9.17) is 9.84 Å². The molecule has 0 unspecified atom stereocenters. The molecule has 0 rings (SSSR count). The predicted molar refractivity (Wildman–Crippen MR) is 68.8 cm³/mol. The van der Waals surface area contributed by atoms with Gasteiger partial charge in [0, 0.05) is 13.5 Å². The Bertz CT molecular complexity index is 197. The number of nitrogens with one attached hydrogen (secondary N) is 1. The lowest BCUT2D eigenvalue weighted by molar-refractivity contribution is -0.120. The third kappa shape index (κ3) is 10.3. The van der Waals surface area contributed by atoms with Crippen LogP contribution >= 0.6 is 0 Å². The number of ether oxygens (including phenoxy) is 1. The average Bonchev–Trinajstić information content (AvgIpc) is 2.29. The Balaban J connectivity index is 3.50. The summed E-state index contributed by atoms with van der Waals surface area (Å²) in [5.41, 5.74) is 0. The van der Waals surface area contributed by atoms with E-state index in [-0.39, 0.29) is 18.6 Å². The molecule has 0 aliphatic rings. The van der Waals surface area contributed by atoms with Crippen LogP contribution < -0.4 is 5.32 Å². The van der Waals surface area contributed by atoms with Crippen LogP contribution in [0.4, 0.5) is 0 Å². The van der Waals surface area contributed by atoms with Crippen LogP contribution in [0.1, 0.15) is 46.5 Å². The molecule has 0 aromatic carbocycles. The van der Waals surface area contributed by atoms with E-state index in [1.165, 1.54) is 26.2 Å². The van der Waals surface area contributed by atoms with Crippen molar-refractivity contribution >= 4 is 5.91 Å². The normalized spacial score (nSPS) is 14.4. The number of aliphatic hydroxyl groups excluding tert-OH is 1. The molecule has 0 aliphatic carbocycles. The lowest BCUT2D eigenvalue weighted by Crippen LogP contribution is -2.39. The van der Waals surface area contributed by atoms with Crippen molar-refractivity contribution < 1.29 is 14.6 Å². The van der Waals surface area contributed by atoms with Crippen molar-refractivity contribution in [3.05, 3.63) is 0 Å². The third-order valence-corrected chi connectivity index (χ3v) is 2.75. The fourth-order valence-electron chi connectivity index (χ4n) is 1.63. The predicted octanol–water partition coefficient (Wildman–Crippen LogP) is 1.72. The fraction of sp³-hybridized carbons (Fsp3) is 0.923. The van der Waals surface area contributed by atoms with Crippen molar-refractivity contribution in [2.45, 2.75) is 52.5 Å². The van der Waals surface area contributed by atoms with Gasteiger partial charge in [0.15, 0.2) is 0 Å². The van der Waals surface area contributed by atoms with Gasteiger partial charge in [-0.25, -0.2) is 0 Å². The number of hydrogen-bond acceptors (Lipinski definition) is 3. The second kappa shape index (κ2) is 10.5. The van der Waals surface area contributed by atoms with Crippen molar-refractivity contribution in [1.29, 1.82) is 0 Å². The monoisotopic (exact) mass is 245 g/mol. The Morgan fingerprint density at radius 2 is 2.12 bits per heavy atom. The number of carbonyl (C=O) groups excluding carboxylic acids is 1. The topological polar surface area (TPSA) is 58.6 Å². The molecule has 0 heterocycles. The van der Waals surface area contributed by atoms with E-state index in [9.17, 15) is 4.79 Å². The number of carbonyl (C=O) groups is 1. The second-order valence-corrected chi connectivity index (χ2v) is 4.69. The summed E-state index contributed by atoms with van der Waals surface area (Å²) in [6.45, 7) is 6.87. The summed E-state index contributed by atoms with van der Waals surface area (Å²) >= 11 is 0. The average molecular weight is 245 g/mol.